The predicted octanol–water partition coefficient (Wildman–Crippen LogP) is 2.55. The second-order valence-corrected chi connectivity index (χ2v) is 5.20. The number of hydrogen-bond donors (Lipinski definition) is 1. The van der Waals surface area contributed by atoms with Crippen molar-refractivity contribution in [2.45, 2.75) is 6.54 Å². The Balaban J connectivity index is 2.09. The molecule has 1 aromatic heterocycles. The number of nitrogens with zero attached hydrogens (tertiary/aromatic N) is 2. The van der Waals surface area contributed by atoms with Gasteiger partial charge < -0.3 is 14.8 Å². The first-order valence-electron chi connectivity index (χ1n) is 6.30. The second-order valence-electron chi connectivity index (χ2n) is 4.28. The Morgan fingerprint density at radius 2 is 2.24 bits per heavy atom. The number of rotatable bonds is 6. The van der Waals surface area contributed by atoms with Crippen LogP contribution in [0.15, 0.2) is 35.1 Å². The van der Waals surface area contributed by atoms with Gasteiger partial charge in [0.2, 0.25) is 0 Å². The maximum Gasteiger partial charge on any atom is 0.259 e. The number of aromatic nitrogens is 2. The van der Waals surface area contributed by atoms with E-state index in [0.717, 1.165) is 4.47 Å². The second kappa shape index (κ2) is 7.24. The summed E-state index contributed by atoms with van der Waals surface area (Å²) in [4.78, 5) is 12.3. The number of carbonyl (C=O) groups excluding carboxylic acids is 1. The van der Waals surface area contributed by atoms with Crippen molar-refractivity contribution in [2.75, 3.05) is 26.1 Å². The lowest BCUT2D eigenvalue weighted by molar-refractivity contribution is 0.102. The van der Waals surface area contributed by atoms with Crippen LogP contribution in [0.3, 0.4) is 0 Å². The van der Waals surface area contributed by atoms with Crippen molar-refractivity contribution in [3.8, 4) is 5.75 Å². The number of halogens is 1. The molecule has 0 saturated heterocycles. The summed E-state index contributed by atoms with van der Waals surface area (Å²) in [5.74, 6) is 0.263. The number of methoxy groups -OCH3 is 2. The molecule has 0 saturated carbocycles. The van der Waals surface area contributed by atoms with Gasteiger partial charge in [-0.3, -0.25) is 9.48 Å². The van der Waals surface area contributed by atoms with Crippen LogP contribution in [0.25, 0.3) is 0 Å². The summed E-state index contributed by atoms with van der Waals surface area (Å²) in [6.07, 6.45) is 3.35. The number of hydrogen-bond acceptors (Lipinski definition) is 4. The van der Waals surface area contributed by atoms with E-state index in [1.807, 2.05) is 0 Å². The van der Waals surface area contributed by atoms with E-state index in [9.17, 15) is 4.79 Å². The average molecular weight is 354 g/mol. The zero-order valence-corrected chi connectivity index (χ0v) is 13.4. The zero-order valence-electron chi connectivity index (χ0n) is 11.8. The molecule has 1 amide bonds. The number of ether oxygens (including phenoxy) is 2. The van der Waals surface area contributed by atoms with Crippen LogP contribution in [-0.4, -0.2) is 36.5 Å². The van der Waals surface area contributed by atoms with Crippen LogP contribution < -0.4 is 10.1 Å². The monoisotopic (exact) mass is 353 g/mol. The Bertz CT molecular complexity index is 628. The molecule has 1 N–H and O–H groups in total. The first kappa shape index (κ1) is 15.5. The number of amides is 1. The quantitative estimate of drug-likeness (QED) is 0.866. The van der Waals surface area contributed by atoms with Crippen LogP contribution in [0.2, 0.25) is 0 Å². The van der Waals surface area contributed by atoms with Crippen molar-refractivity contribution in [3.05, 3.63) is 40.6 Å². The van der Waals surface area contributed by atoms with Gasteiger partial charge >= 0.3 is 0 Å². The van der Waals surface area contributed by atoms with E-state index in [2.05, 4.69) is 26.3 Å². The highest BCUT2D eigenvalue weighted by molar-refractivity contribution is 9.10. The van der Waals surface area contributed by atoms with Crippen LogP contribution >= 0.6 is 15.9 Å². The van der Waals surface area contributed by atoms with Gasteiger partial charge in [-0.1, -0.05) is 15.9 Å². The maximum atomic E-state index is 12.3. The van der Waals surface area contributed by atoms with E-state index >= 15 is 0 Å². The molecule has 0 aliphatic heterocycles. The summed E-state index contributed by atoms with van der Waals surface area (Å²) in [6.45, 7) is 1.20. The lowest BCUT2D eigenvalue weighted by Gasteiger charge is -2.08. The van der Waals surface area contributed by atoms with Gasteiger partial charge in [0.05, 0.1) is 37.7 Å². The van der Waals surface area contributed by atoms with Gasteiger partial charge in [-0.15, -0.1) is 0 Å². The van der Waals surface area contributed by atoms with Gasteiger partial charge in [0, 0.05) is 17.8 Å². The Labute approximate surface area is 131 Å². The molecule has 2 aromatic rings. The number of anilines is 1. The van der Waals surface area contributed by atoms with Crippen molar-refractivity contribution in [1.82, 2.24) is 9.78 Å². The van der Waals surface area contributed by atoms with Crippen molar-refractivity contribution >= 4 is 27.5 Å². The van der Waals surface area contributed by atoms with Crippen molar-refractivity contribution in [2.24, 2.45) is 0 Å². The van der Waals surface area contributed by atoms with Gasteiger partial charge in [-0.25, -0.2) is 0 Å². The van der Waals surface area contributed by atoms with Gasteiger partial charge in [0.15, 0.2) is 0 Å². The van der Waals surface area contributed by atoms with Gasteiger partial charge in [-0.2, -0.15) is 5.10 Å². The zero-order chi connectivity index (χ0) is 15.2. The molecule has 0 spiro atoms. The standard InChI is InChI=1S/C14H16BrN3O3/c1-20-6-5-18-9-11(8-16-18)17-14(19)12-4-3-10(15)7-13(12)21-2/h3-4,7-9H,5-6H2,1-2H3,(H,17,19). The van der Waals surface area contributed by atoms with E-state index in [4.69, 9.17) is 9.47 Å². The first-order chi connectivity index (χ1) is 10.1. The summed E-state index contributed by atoms with van der Waals surface area (Å²) in [7, 11) is 3.16. The third-order valence-corrected chi connectivity index (χ3v) is 3.32. The van der Waals surface area contributed by atoms with E-state index in [1.165, 1.54) is 7.11 Å². The van der Waals surface area contributed by atoms with Gasteiger partial charge in [-0.05, 0) is 18.2 Å². The number of carbonyl (C=O) groups is 1. The van der Waals surface area contributed by atoms with E-state index in [0.29, 0.717) is 30.2 Å². The van der Waals surface area contributed by atoms with E-state index in [-0.39, 0.29) is 5.91 Å². The Morgan fingerprint density at radius 3 is 2.95 bits per heavy atom. The smallest absolute Gasteiger partial charge is 0.259 e. The Morgan fingerprint density at radius 1 is 1.43 bits per heavy atom. The molecule has 0 radical (unpaired) electrons. The molecule has 21 heavy (non-hydrogen) atoms. The minimum atomic E-state index is -0.245. The molecule has 0 unspecified atom stereocenters. The summed E-state index contributed by atoms with van der Waals surface area (Å²) in [5, 5.41) is 6.93. The molecular weight excluding hydrogens is 338 g/mol. The fraction of sp³-hybridized carbons (Fsp3) is 0.286. The SMILES string of the molecule is COCCn1cc(NC(=O)c2ccc(Br)cc2OC)cn1. The molecule has 0 fully saturated rings. The largest absolute Gasteiger partial charge is 0.496 e. The fourth-order valence-electron chi connectivity index (χ4n) is 1.79. The van der Waals surface area contributed by atoms with Crippen molar-refractivity contribution < 1.29 is 14.3 Å². The minimum absolute atomic E-state index is 0.245. The molecule has 0 atom stereocenters. The molecule has 0 aliphatic rings. The molecule has 1 heterocycles. The number of nitrogens with one attached hydrogen (secondary N) is 1. The molecule has 2 rings (SSSR count). The van der Waals surface area contributed by atoms with Crippen LogP contribution in [0, 0.1) is 0 Å². The third-order valence-electron chi connectivity index (χ3n) is 2.82. The molecule has 0 bridgehead atoms. The van der Waals surface area contributed by atoms with Crippen LogP contribution in [0.5, 0.6) is 5.75 Å². The lowest BCUT2D eigenvalue weighted by Crippen LogP contribution is -2.13. The molecule has 6 nitrogen and oxygen atoms in total. The molecule has 1 aromatic carbocycles. The predicted molar refractivity (Wildman–Crippen MR) is 82.8 cm³/mol. The average Bonchev–Trinajstić information content (AvgIpc) is 2.92. The van der Waals surface area contributed by atoms with Crippen LogP contribution in [0.1, 0.15) is 10.4 Å². The normalized spacial score (nSPS) is 10.4. The highest BCUT2D eigenvalue weighted by Crippen LogP contribution is 2.24. The summed E-state index contributed by atoms with van der Waals surface area (Å²) in [5.41, 5.74) is 1.09. The molecule has 0 aliphatic carbocycles. The summed E-state index contributed by atoms with van der Waals surface area (Å²) >= 11 is 3.34. The maximum absolute atomic E-state index is 12.3. The van der Waals surface area contributed by atoms with Crippen LogP contribution in [0.4, 0.5) is 5.69 Å². The summed E-state index contributed by atoms with van der Waals surface area (Å²) < 4.78 is 12.7. The lowest BCUT2D eigenvalue weighted by atomic mass is 10.2. The van der Waals surface area contributed by atoms with Gasteiger partial charge in [0.1, 0.15) is 5.75 Å². The Kier molecular flexibility index (Phi) is 5.35. The first-order valence-corrected chi connectivity index (χ1v) is 7.09. The topological polar surface area (TPSA) is 65.4 Å². The highest BCUT2D eigenvalue weighted by atomic mass is 79.9. The van der Waals surface area contributed by atoms with Gasteiger partial charge in [0.25, 0.3) is 5.91 Å². The van der Waals surface area contributed by atoms with Crippen LogP contribution in [-0.2, 0) is 11.3 Å². The fourth-order valence-corrected chi connectivity index (χ4v) is 2.13. The number of benzene rings is 1. The molecule has 112 valence electrons. The highest BCUT2D eigenvalue weighted by Gasteiger charge is 2.13. The van der Waals surface area contributed by atoms with Crippen molar-refractivity contribution in [1.29, 1.82) is 0 Å². The van der Waals surface area contributed by atoms with E-state index < -0.39 is 0 Å². The third kappa shape index (κ3) is 4.05. The summed E-state index contributed by atoms with van der Waals surface area (Å²) in [6, 6.07) is 5.24. The Hall–Kier alpha value is -1.86. The molecular formula is C14H16BrN3O3. The van der Waals surface area contributed by atoms with Crippen molar-refractivity contribution in [3.63, 3.8) is 0 Å². The minimum Gasteiger partial charge on any atom is -0.496 e. The molecule has 7 heteroatoms. The van der Waals surface area contributed by atoms with E-state index in [1.54, 1.807) is 42.4 Å².